The molecule has 8 atom stereocenters. The van der Waals surface area contributed by atoms with Gasteiger partial charge in [0.05, 0.1) is 11.0 Å². The molecule has 1 unspecified atom stereocenters. The Morgan fingerprint density at radius 1 is 1.11 bits per heavy atom. The molecule has 0 aromatic carbocycles. The average molecular weight is 404 g/mol. The number of hydrogen-bond acceptors (Lipinski definition) is 6. The van der Waals surface area contributed by atoms with Gasteiger partial charge in [0.2, 0.25) is 0 Å². The second-order valence-electron chi connectivity index (χ2n) is 10.4. The van der Waals surface area contributed by atoms with Crippen molar-refractivity contribution in [1.29, 1.82) is 0 Å². The summed E-state index contributed by atoms with van der Waals surface area (Å²) in [5.74, 6) is 2.88. The third-order valence-corrected chi connectivity index (χ3v) is 10.2. The van der Waals surface area contributed by atoms with Gasteiger partial charge in [-0.1, -0.05) is 25.6 Å². The number of carbonyl (C=O) groups is 1. The molecule has 4 saturated carbocycles. The zero-order valence-corrected chi connectivity index (χ0v) is 18.1. The lowest BCUT2D eigenvalue weighted by Gasteiger charge is -2.60. The van der Waals surface area contributed by atoms with Gasteiger partial charge in [0, 0.05) is 12.3 Å². The van der Waals surface area contributed by atoms with Gasteiger partial charge in [-0.3, -0.25) is 4.79 Å². The van der Waals surface area contributed by atoms with Crippen LogP contribution in [0.1, 0.15) is 72.1 Å². The standard InChI is InChI=1S/C22H33N3O2S/c1-12(26)27-14-6-8-21(2)13(10-14)4-5-15-16(21)7-9-22(3)17(15)11-18-19(22)24-25-20(23)28-18/h13-18H,4-11H2,1-3H3,(H2,23,25)/t13-,14+,15+,16-,17-,18?,21-,22-/m0/s1. The summed E-state index contributed by atoms with van der Waals surface area (Å²) in [4.78, 5) is 11.4. The number of rotatable bonds is 1. The largest absolute Gasteiger partial charge is 0.463 e. The van der Waals surface area contributed by atoms with E-state index in [-0.39, 0.29) is 17.5 Å². The van der Waals surface area contributed by atoms with Crippen LogP contribution in [0.5, 0.6) is 0 Å². The Hall–Kier alpha value is -1.04. The summed E-state index contributed by atoms with van der Waals surface area (Å²) in [7, 11) is 0. The number of thioether (sulfide) groups is 1. The molecule has 0 amide bonds. The van der Waals surface area contributed by atoms with E-state index >= 15 is 0 Å². The molecule has 0 aromatic heterocycles. The number of fused-ring (bicyclic) bond motifs is 7. The normalized spacial score (nSPS) is 49.7. The van der Waals surface area contributed by atoms with Gasteiger partial charge in [-0.25, -0.2) is 0 Å². The maximum Gasteiger partial charge on any atom is 0.302 e. The number of nitrogens with two attached hydrogens (primary N) is 1. The molecular weight excluding hydrogens is 370 g/mol. The Labute approximate surface area is 172 Å². The monoisotopic (exact) mass is 403 g/mol. The molecule has 4 fully saturated rings. The van der Waals surface area contributed by atoms with E-state index in [1.54, 1.807) is 18.7 Å². The van der Waals surface area contributed by atoms with Crippen molar-refractivity contribution < 1.29 is 9.53 Å². The lowest BCUT2D eigenvalue weighted by Crippen LogP contribution is -2.54. The molecule has 1 aliphatic heterocycles. The second-order valence-corrected chi connectivity index (χ2v) is 11.6. The Morgan fingerprint density at radius 3 is 2.71 bits per heavy atom. The van der Waals surface area contributed by atoms with Crippen LogP contribution >= 0.6 is 11.8 Å². The minimum absolute atomic E-state index is 0.121. The van der Waals surface area contributed by atoms with E-state index in [2.05, 4.69) is 24.1 Å². The van der Waals surface area contributed by atoms with Crippen LogP contribution in [0.4, 0.5) is 0 Å². The van der Waals surface area contributed by atoms with Crippen molar-refractivity contribution in [1.82, 2.24) is 0 Å². The van der Waals surface area contributed by atoms with E-state index in [1.807, 2.05) is 0 Å². The zero-order valence-electron chi connectivity index (χ0n) is 17.3. The molecule has 0 bridgehead atoms. The minimum atomic E-state index is -0.121. The SMILES string of the molecule is CC(=O)O[C@@H]1CC[C@@]2(C)[C@@H](CC[C@@H]3[C@@H]2CC[C@]2(C)C4=NN=C(N)SC4C[C@@H]32)C1. The Balaban J connectivity index is 1.38. The Bertz CT molecular complexity index is 752. The van der Waals surface area contributed by atoms with Crippen LogP contribution in [-0.2, 0) is 9.53 Å². The van der Waals surface area contributed by atoms with Crippen LogP contribution in [0.25, 0.3) is 0 Å². The van der Waals surface area contributed by atoms with E-state index < -0.39 is 0 Å². The van der Waals surface area contributed by atoms with Crippen molar-refractivity contribution in [2.75, 3.05) is 0 Å². The topological polar surface area (TPSA) is 77.0 Å². The van der Waals surface area contributed by atoms with Gasteiger partial charge in [-0.15, -0.1) is 5.10 Å². The van der Waals surface area contributed by atoms with Crippen LogP contribution in [0.15, 0.2) is 10.2 Å². The van der Waals surface area contributed by atoms with Gasteiger partial charge in [-0.05, 0) is 80.5 Å². The molecule has 4 aliphatic carbocycles. The number of esters is 1. The summed E-state index contributed by atoms with van der Waals surface area (Å²) < 4.78 is 5.60. The van der Waals surface area contributed by atoms with E-state index in [0.717, 1.165) is 24.7 Å². The fourth-order valence-corrected chi connectivity index (χ4v) is 9.01. The first-order valence-corrected chi connectivity index (χ1v) is 11.9. The Kier molecular flexibility index (Phi) is 4.39. The molecule has 154 valence electrons. The molecule has 5 rings (SSSR count). The molecule has 6 heteroatoms. The third kappa shape index (κ3) is 2.69. The lowest BCUT2D eigenvalue weighted by molar-refractivity contribution is -0.158. The predicted octanol–water partition coefficient (Wildman–Crippen LogP) is 4.36. The maximum absolute atomic E-state index is 11.4. The molecule has 28 heavy (non-hydrogen) atoms. The molecule has 5 aliphatic rings. The second kappa shape index (κ2) is 6.48. The molecule has 1 heterocycles. The quantitative estimate of drug-likeness (QED) is 0.660. The lowest BCUT2D eigenvalue weighted by atomic mass is 9.45. The van der Waals surface area contributed by atoms with E-state index in [9.17, 15) is 4.79 Å². The summed E-state index contributed by atoms with van der Waals surface area (Å²) in [5.41, 5.74) is 7.91. The fourth-order valence-electron chi connectivity index (χ4n) is 7.90. The van der Waals surface area contributed by atoms with E-state index in [1.165, 1.54) is 44.2 Å². The smallest absolute Gasteiger partial charge is 0.302 e. The van der Waals surface area contributed by atoms with Gasteiger partial charge >= 0.3 is 5.97 Å². The summed E-state index contributed by atoms with van der Waals surface area (Å²) in [5, 5.41) is 9.91. The zero-order chi connectivity index (χ0) is 19.7. The summed E-state index contributed by atoms with van der Waals surface area (Å²) in [6.07, 6.45) is 9.80. The number of amidine groups is 1. The first kappa shape index (κ1) is 19.0. The van der Waals surface area contributed by atoms with Gasteiger partial charge < -0.3 is 10.5 Å². The summed E-state index contributed by atoms with van der Waals surface area (Å²) in [6.45, 7) is 6.55. The molecular formula is C22H33N3O2S. The van der Waals surface area contributed by atoms with E-state index in [0.29, 0.717) is 27.7 Å². The van der Waals surface area contributed by atoms with Crippen LogP contribution in [0, 0.1) is 34.5 Å². The van der Waals surface area contributed by atoms with Gasteiger partial charge in [0.15, 0.2) is 5.17 Å². The molecule has 2 N–H and O–H groups in total. The highest BCUT2D eigenvalue weighted by molar-refractivity contribution is 8.15. The highest BCUT2D eigenvalue weighted by Crippen LogP contribution is 2.66. The molecule has 0 spiro atoms. The highest BCUT2D eigenvalue weighted by Gasteiger charge is 2.62. The number of carbonyl (C=O) groups excluding carboxylic acids is 1. The van der Waals surface area contributed by atoms with Crippen LogP contribution in [0.3, 0.4) is 0 Å². The van der Waals surface area contributed by atoms with Gasteiger partial charge in [0.1, 0.15) is 6.10 Å². The maximum atomic E-state index is 11.4. The van der Waals surface area contributed by atoms with Gasteiger partial charge in [-0.2, -0.15) is 5.10 Å². The average Bonchev–Trinajstić information content (AvgIpc) is 2.93. The molecule has 0 aromatic rings. The molecule has 0 saturated heterocycles. The fraction of sp³-hybridized carbons (Fsp3) is 0.864. The van der Waals surface area contributed by atoms with Crippen LogP contribution in [-0.4, -0.2) is 28.2 Å². The van der Waals surface area contributed by atoms with Crippen molar-refractivity contribution in [3.8, 4) is 0 Å². The van der Waals surface area contributed by atoms with Gasteiger partial charge in [0.25, 0.3) is 0 Å². The summed E-state index contributed by atoms with van der Waals surface area (Å²) in [6, 6.07) is 0. The van der Waals surface area contributed by atoms with Crippen LogP contribution < -0.4 is 5.73 Å². The number of hydrogen-bond donors (Lipinski definition) is 1. The van der Waals surface area contributed by atoms with Crippen molar-refractivity contribution in [2.45, 2.75) is 83.5 Å². The number of nitrogens with zero attached hydrogens (tertiary/aromatic N) is 2. The predicted molar refractivity (Wildman–Crippen MR) is 113 cm³/mol. The minimum Gasteiger partial charge on any atom is -0.463 e. The van der Waals surface area contributed by atoms with Crippen molar-refractivity contribution in [2.24, 2.45) is 50.4 Å². The molecule has 0 radical (unpaired) electrons. The Morgan fingerprint density at radius 2 is 1.93 bits per heavy atom. The first-order chi connectivity index (χ1) is 13.3. The number of ether oxygens (including phenoxy) is 1. The highest BCUT2D eigenvalue weighted by atomic mass is 32.2. The van der Waals surface area contributed by atoms with Crippen molar-refractivity contribution in [3.63, 3.8) is 0 Å². The van der Waals surface area contributed by atoms with E-state index in [4.69, 9.17) is 10.5 Å². The van der Waals surface area contributed by atoms with Crippen molar-refractivity contribution >= 4 is 28.6 Å². The summed E-state index contributed by atoms with van der Waals surface area (Å²) >= 11 is 1.74. The first-order valence-electron chi connectivity index (χ1n) is 11.1. The molecule has 5 nitrogen and oxygen atoms in total. The van der Waals surface area contributed by atoms with Crippen LogP contribution in [0.2, 0.25) is 0 Å². The third-order valence-electron chi connectivity index (χ3n) is 9.22. The van der Waals surface area contributed by atoms with Crippen molar-refractivity contribution in [3.05, 3.63) is 0 Å².